The van der Waals surface area contributed by atoms with Gasteiger partial charge in [0.05, 0.1) is 7.11 Å². The number of benzene rings is 1. The fourth-order valence-electron chi connectivity index (χ4n) is 2.48. The Hall–Kier alpha value is -1.59. The van der Waals surface area contributed by atoms with Crippen LogP contribution in [0.5, 0.6) is 5.75 Å². The zero-order chi connectivity index (χ0) is 14.5. The molecule has 5 nitrogen and oxygen atoms in total. The molecule has 1 aromatic carbocycles. The molecule has 0 saturated carbocycles. The van der Waals surface area contributed by atoms with E-state index in [0.717, 1.165) is 44.0 Å². The second-order valence-corrected chi connectivity index (χ2v) is 5.19. The first-order valence-electron chi connectivity index (χ1n) is 6.97. The summed E-state index contributed by atoms with van der Waals surface area (Å²) >= 11 is 0. The molecular formula is C15H23N3O2. The summed E-state index contributed by atoms with van der Waals surface area (Å²) in [6, 6.07) is 7.88. The van der Waals surface area contributed by atoms with Gasteiger partial charge < -0.3 is 15.4 Å². The van der Waals surface area contributed by atoms with Crippen LogP contribution in [-0.4, -0.2) is 55.5 Å². The van der Waals surface area contributed by atoms with Gasteiger partial charge in [0.2, 0.25) is 5.91 Å². The fraction of sp³-hybridized carbons (Fsp3) is 0.533. The molecule has 0 aromatic heterocycles. The van der Waals surface area contributed by atoms with Gasteiger partial charge in [0.1, 0.15) is 5.75 Å². The monoisotopic (exact) mass is 277 g/mol. The second kappa shape index (κ2) is 6.72. The minimum Gasteiger partial charge on any atom is -0.497 e. The summed E-state index contributed by atoms with van der Waals surface area (Å²) in [6.07, 6.45) is 0. The van der Waals surface area contributed by atoms with Gasteiger partial charge in [-0.1, -0.05) is 12.1 Å². The molecule has 1 aromatic rings. The Balaban J connectivity index is 1.85. The fourth-order valence-corrected chi connectivity index (χ4v) is 2.48. The molecule has 1 unspecified atom stereocenters. The van der Waals surface area contributed by atoms with E-state index in [9.17, 15) is 4.79 Å². The predicted octanol–water partition coefficient (Wildman–Crippen LogP) is 0.859. The number of ether oxygens (including phenoxy) is 1. The molecule has 1 atom stereocenters. The van der Waals surface area contributed by atoms with E-state index in [1.807, 2.05) is 29.2 Å². The predicted molar refractivity (Wildman–Crippen MR) is 78.6 cm³/mol. The van der Waals surface area contributed by atoms with Crippen molar-refractivity contribution in [3.8, 4) is 5.75 Å². The SMILES string of the molecule is COc1ccc(C(N)CN2CCN(C(C)=O)CC2)cc1. The van der Waals surface area contributed by atoms with Crippen molar-refractivity contribution in [1.82, 2.24) is 9.80 Å². The normalized spacial score (nSPS) is 17.9. The van der Waals surface area contributed by atoms with E-state index in [-0.39, 0.29) is 11.9 Å². The van der Waals surface area contributed by atoms with Crippen molar-refractivity contribution in [2.75, 3.05) is 39.8 Å². The van der Waals surface area contributed by atoms with E-state index < -0.39 is 0 Å². The van der Waals surface area contributed by atoms with Gasteiger partial charge in [-0.3, -0.25) is 9.69 Å². The highest BCUT2D eigenvalue weighted by Gasteiger charge is 2.20. The summed E-state index contributed by atoms with van der Waals surface area (Å²) in [5, 5.41) is 0. The van der Waals surface area contributed by atoms with Crippen LogP contribution >= 0.6 is 0 Å². The lowest BCUT2D eigenvalue weighted by atomic mass is 10.1. The van der Waals surface area contributed by atoms with Crippen LogP contribution < -0.4 is 10.5 Å². The number of nitrogens with two attached hydrogens (primary N) is 1. The van der Waals surface area contributed by atoms with Gasteiger partial charge in [0, 0.05) is 45.7 Å². The molecule has 1 saturated heterocycles. The van der Waals surface area contributed by atoms with Gasteiger partial charge in [0.15, 0.2) is 0 Å². The van der Waals surface area contributed by atoms with Crippen LogP contribution in [0.4, 0.5) is 0 Å². The summed E-state index contributed by atoms with van der Waals surface area (Å²) in [4.78, 5) is 15.5. The molecule has 0 bridgehead atoms. The minimum absolute atomic E-state index is 0.00946. The van der Waals surface area contributed by atoms with Crippen LogP contribution in [0.25, 0.3) is 0 Å². The number of hydrogen-bond donors (Lipinski definition) is 1. The number of hydrogen-bond acceptors (Lipinski definition) is 4. The first-order valence-corrected chi connectivity index (χ1v) is 6.97. The van der Waals surface area contributed by atoms with Crippen molar-refractivity contribution in [3.63, 3.8) is 0 Å². The molecule has 110 valence electrons. The molecule has 20 heavy (non-hydrogen) atoms. The molecule has 0 spiro atoms. The van der Waals surface area contributed by atoms with E-state index in [0.29, 0.717) is 0 Å². The maximum absolute atomic E-state index is 11.3. The Kier molecular flexibility index (Phi) is 4.98. The van der Waals surface area contributed by atoms with Gasteiger partial charge >= 0.3 is 0 Å². The van der Waals surface area contributed by atoms with Gasteiger partial charge in [0.25, 0.3) is 0 Å². The molecule has 1 heterocycles. The number of piperazine rings is 1. The molecule has 5 heteroatoms. The molecule has 0 radical (unpaired) electrons. The van der Waals surface area contributed by atoms with Crippen LogP contribution in [0.1, 0.15) is 18.5 Å². The Morgan fingerprint density at radius 2 is 1.85 bits per heavy atom. The maximum atomic E-state index is 11.3. The van der Waals surface area contributed by atoms with Gasteiger partial charge in [-0.2, -0.15) is 0 Å². The third-order valence-corrected chi connectivity index (χ3v) is 3.82. The van der Waals surface area contributed by atoms with Crippen molar-refractivity contribution < 1.29 is 9.53 Å². The van der Waals surface area contributed by atoms with Crippen LogP contribution in [-0.2, 0) is 4.79 Å². The van der Waals surface area contributed by atoms with Crippen LogP contribution in [0, 0.1) is 0 Å². The number of nitrogens with zero attached hydrogens (tertiary/aromatic N) is 2. The molecule has 2 rings (SSSR count). The highest BCUT2D eigenvalue weighted by Crippen LogP contribution is 2.17. The Labute approximate surface area is 120 Å². The van der Waals surface area contributed by atoms with Crippen LogP contribution in [0.2, 0.25) is 0 Å². The van der Waals surface area contributed by atoms with E-state index >= 15 is 0 Å². The summed E-state index contributed by atoms with van der Waals surface area (Å²) in [5.41, 5.74) is 7.36. The summed E-state index contributed by atoms with van der Waals surface area (Å²) in [6.45, 7) is 5.82. The van der Waals surface area contributed by atoms with Crippen molar-refractivity contribution in [3.05, 3.63) is 29.8 Å². The summed E-state index contributed by atoms with van der Waals surface area (Å²) in [5.74, 6) is 1.00. The van der Waals surface area contributed by atoms with Crippen molar-refractivity contribution in [2.24, 2.45) is 5.73 Å². The third-order valence-electron chi connectivity index (χ3n) is 3.82. The average Bonchev–Trinajstić information content (AvgIpc) is 2.48. The number of amides is 1. The second-order valence-electron chi connectivity index (χ2n) is 5.19. The third kappa shape index (κ3) is 3.71. The minimum atomic E-state index is -0.00946. The lowest BCUT2D eigenvalue weighted by Gasteiger charge is -2.35. The van der Waals surface area contributed by atoms with Crippen molar-refractivity contribution in [2.45, 2.75) is 13.0 Å². The number of rotatable bonds is 4. The Morgan fingerprint density at radius 1 is 1.25 bits per heavy atom. The number of methoxy groups -OCH3 is 1. The van der Waals surface area contributed by atoms with E-state index in [2.05, 4.69) is 4.90 Å². The molecule has 2 N–H and O–H groups in total. The van der Waals surface area contributed by atoms with Gasteiger partial charge in [-0.15, -0.1) is 0 Å². The largest absolute Gasteiger partial charge is 0.497 e. The topological polar surface area (TPSA) is 58.8 Å². The van der Waals surface area contributed by atoms with Crippen LogP contribution in [0.3, 0.4) is 0 Å². The quantitative estimate of drug-likeness (QED) is 0.887. The molecule has 1 fully saturated rings. The van der Waals surface area contributed by atoms with Gasteiger partial charge in [-0.05, 0) is 17.7 Å². The van der Waals surface area contributed by atoms with Crippen LogP contribution in [0.15, 0.2) is 24.3 Å². The average molecular weight is 277 g/mol. The number of carbonyl (C=O) groups excluding carboxylic acids is 1. The Bertz CT molecular complexity index is 439. The smallest absolute Gasteiger partial charge is 0.219 e. The molecule has 1 aliphatic rings. The zero-order valence-corrected chi connectivity index (χ0v) is 12.2. The highest BCUT2D eigenvalue weighted by molar-refractivity contribution is 5.73. The van der Waals surface area contributed by atoms with E-state index in [1.165, 1.54) is 0 Å². The molecule has 0 aliphatic carbocycles. The molecular weight excluding hydrogens is 254 g/mol. The van der Waals surface area contributed by atoms with Crippen molar-refractivity contribution >= 4 is 5.91 Å². The molecule has 1 aliphatic heterocycles. The Morgan fingerprint density at radius 3 is 2.35 bits per heavy atom. The highest BCUT2D eigenvalue weighted by atomic mass is 16.5. The zero-order valence-electron chi connectivity index (χ0n) is 12.2. The molecule has 1 amide bonds. The van der Waals surface area contributed by atoms with E-state index in [1.54, 1.807) is 14.0 Å². The van der Waals surface area contributed by atoms with E-state index in [4.69, 9.17) is 10.5 Å². The maximum Gasteiger partial charge on any atom is 0.219 e. The standard InChI is InChI=1S/C15H23N3O2/c1-12(19)18-9-7-17(8-10-18)11-15(16)13-3-5-14(20-2)6-4-13/h3-6,15H,7-11,16H2,1-2H3. The number of carbonyl (C=O) groups is 1. The van der Waals surface area contributed by atoms with Crippen molar-refractivity contribution in [1.29, 1.82) is 0 Å². The summed E-state index contributed by atoms with van der Waals surface area (Å²) < 4.78 is 5.14. The lowest BCUT2D eigenvalue weighted by molar-refractivity contribution is -0.130. The van der Waals surface area contributed by atoms with Gasteiger partial charge in [-0.25, -0.2) is 0 Å². The first-order chi connectivity index (χ1) is 9.60. The summed E-state index contributed by atoms with van der Waals surface area (Å²) in [7, 11) is 1.66. The first kappa shape index (κ1) is 14.8. The lowest BCUT2D eigenvalue weighted by Crippen LogP contribution is -2.49.